The van der Waals surface area contributed by atoms with Crippen LogP contribution in [0.4, 0.5) is 0 Å². The molecule has 0 radical (unpaired) electrons. The lowest BCUT2D eigenvalue weighted by Crippen LogP contribution is -2.01. The van der Waals surface area contributed by atoms with Crippen molar-refractivity contribution in [3.8, 4) is 45.3 Å². The van der Waals surface area contributed by atoms with Crippen LogP contribution in [0.25, 0.3) is 99.5 Å². The van der Waals surface area contributed by atoms with Gasteiger partial charge >= 0.3 is 0 Å². The molecule has 0 amide bonds. The normalized spacial score (nSPS) is 11.7. The van der Waals surface area contributed by atoms with Crippen LogP contribution in [-0.2, 0) is 0 Å². The molecule has 49 heavy (non-hydrogen) atoms. The van der Waals surface area contributed by atoms with E-state index in [0.717, 1.165) is 54.8 Å². The molecule has 0 unspecified atom stereocenters. The zero-order valence-corrected chi connectivity index (χ0v) is 26.3. The van der Waals surface area contributed by atoms with Crippen molar-refractivity contribution in [3.63, 3.8) is 0 Å². The van der Waals surface area contributed by atoms with E-state index < -0.39 is 0 Å². The van der Waals surface area contributed by atoms with Crippen molar-refractivity contribution < 1.29 is 4.42 Å². The first-order chi connectivity index (χ1) is 24.3. The van der Waals surface area contributed by atoms with E-state index in [-0.39, 0.29) is 0 Å². The van der Waals surface area contributed by atoms with Gasteiger partial charge in [0.05, 0.1) is 0 Å². The van der Waals surface area contributed by atoms with Gasteiger partial charge in [-0.25, -0.2) is 15.0 Å². The summed E-state index contributed by atoms with van der Waals surface area (Å²) in [5.74, 6) is 1.85. The number of hydrogen-bond donors (Lipinski definition) is 0. The molecule has 0 saturated heterocycles. The van der Waals surface area contributed by atoms with Crippen molar-refractivity contribution in [2.24, 2.45) is 0 Å². The van der Waals surface area contributed by atoms with Crippen LogP contribution in [0.3, 0.4) is 0 Å². The fraction of sp³-hybridized carbons (Fsp3) is 0. The van der Waals surface area contributed by atoms with Gasteiger partial charge < -0.3 is 4.42 Å². The molecule has 0 bridgehead atoms. The molecule has 10 aromatic rings. The number of para-hydroxylation sites is 1. The average Bonchev–Trinajstić information content (AvgIpc) is 3.56. The molecule has 0 aliphatic rings. The standard InChI is InChI=1S/C45H27N3O/c1-2-13-30-27-31(24-23-28(30)11-1)43-46-44(48-45(47-43)39-20-10-22-41-42(39)38-18-7-8-21-40(38)49-41)37-26-25-36(34-16-5-6-17-35(34)37)33-19-9-14-29-12-3-4-15-32(29)33/h1-27H. The fourth-order valence-corrected chi connectivity index (χ4v) is 7.22. The van der Waals surface area contributed by atoms with Crippen molar-refractivity contribution in [3.05, 3.63) is 164 Å². The molecule has 4 nitrogen and oxygen atoms in total. The first kappa shape index (κ1) is 27.5. The molecule has 0 aliphatic carbocycles. The number of nitrogens with zero attached hydrogens (tertiary/aromatic N) is 3. The van der Waals surface area contributed by atoms with Gasteiger partial charge in [0.1, 0.15) is 11.2 Å². The van der Waals surface area contributed by atoms with Gasteiger partial charge in [0.2, 0.25) is 0 Å². The molecule has 2 heterocycles. The lowest BCUT2D eigenvalue weighted by atomic mass is 9.92. The first-order valence-corrected chi connectivity index (χ1v) is 16.4. The van der Waals surface area contributed by atoms with Gasteiger partial charge in [0.15, 0.2) is 17.5 Å². The lowest BCUT2D eigenvalue weighted by Gasteiger charge is -2.14. The minimum Gasteiger partial charge on any atom is -0.456 e. The maximum atomic E-state index is 6.26. The number of rotatable bonds is 4. The molecule has 0 atom stereocenters. The van der Waals surface area contributed by atoms with Gasteiger partial charge in [0.25, 0.3) is 0 Å². The van der Waals surface area contributed by atoms with Crippen LogP contribution in [0.1, 0.15) is 0 Å². The Morgan fingerprint density at radius 2 is 0.878 bits per heavy atom. The summed E-state index contributed by atoms with van der Waals surface area (Å²) in [6.07, 6.45) is 0. The second-order valence-corrected chi connectivity index (χ2v) is 12.4. The van der Waals surface area contributed by atoms with Gasteiger partial charge in [-0.1, -0.05) is 140 Å². The Morgan fingerprint density at radius 1 is 0.327 bits per heavy atom. The van der Waals surface area contributed by atoms with Crippen LogP contribution in [0, 0.1) is 0 Å². The summed E-state index contributed by atoms with van der Waals surface area (Å²) < 4.78 is 6.26. The fourth-order valence-electron chi connectivity index (χ4n) is 7.22. The van der Waals surface area contributed by atoms with Crippen molar-refractivity contribution >= 4 is 54.3 Å². The smallest absolute Gasteiger partial charge is 0.164 e. The number of aromatic nitrogens is 3. The van der Waals surface area contributed by atoms with Crippen molar-refractivity contribution in [1.82, 2.24) is 15.0 Å². The largest absolute Gasteiger partial charge is 0.456 e. The number of hydrogen-bond acceptors (Lipinski definition) is 4. The Hall–Kier alpha value is -6.65. The summed E-state index contributed by atoms with van der Waals surface area (Å²) in [4.78, 5) is 15.6. The number of furan rings is 1. The van der Waals surface area contributed by atoms with E-state index in [4.69, 9.17) is 19.4 Å². The monoisotopic (exact) mass is 625 g/mol. The quantitative estimate of drug-likeness (QED) is 0.195. The summed E-state index contributed by atoms with van der Waals surface area (Å²) in [6, 6.07) is 57.0. The summed E-state index contributed by atoms with van der Waals surface area (Å²) in [6.45, 7) is 0. The van der Waals surface area contributed by atoms with E-state index >= 15 is 0 Å². The maximum absolute atomic E-state index is 6.26. The third kappa shape index (κ3) is 4.49. The third-order valence-electron chi connectivity index (χ3n) is 9.53. The average molecular weight is 626 g/mol. The Morgan fingerprint density at radius 3 is 1.73 bits per heavy atom. The van der Waals surface area contributed by atoms with Gasteiger partial charge in [-0.3, -0.25) is 0 Å². The SMILES string of the molecule is c1ccc2cc(-c3nc(-c4ccc(-c5cccc6ccccc56)c5ccccc45)nc(-c4cccc5oc6ccccc6c45)n3)ccc2c1. The number of fused-ring (bicyclic) bond motifs is 6. The van der Waals surface area contributed by atoms with Crippen LogP contribution >= 0.6 is 0 Å². The topological polar surface area (TPSA) is 51.8 Å². The Bertz CT molecular complexity index is 2900. The highest BCUT2D eigenvalue weighted by Gasteiger charge is 2.20. The zero-order valence-electron chi connectivity index (χ0n) is 26.3. The van der Waals surface area contributed by atoms with Crippen LogP contribution in [-0.4, -0.2) is 15.0 Å². The van der Waals surface area contributed by atoms with Gasteiger partial charge in [0, 0.05) is 27.5 Å². The minimum atomic E-state index is 0.604. The molecule has 0 aliphatic heterocycles. The van der Waals surface area contributed by atoms with Gasteiger partial charge in [-0.05, 0) is 67.7 Å². The molecule has 0 saturated carbocycles. The van der Waals surface area contributed by atoms with Crippen molar-refractivity contribution in [2.75, 3.05) is 0 Å². The van der Waals surface area contributed by atoms with Crippen LogP contribution in [0.2, 0.25) is 0 Å². The van der Waals surface area contributed by atoms with E-state index in [1.54, 1.807) is 0 Å². The maximum Gasteiger partial charge on any atom is 0.164 e. The summed E-state index contributed by atoms with van der Waals surface area (Å²) in [5, 5.41) is 9.01. The van der Waals surface area contributed by atoms with E-state index in [2.05, 4.69) is 133 Å². The van der Waals surface area contributed by atoms with E-state index in [9.17, 15) is 0 Å². The van der Waals surface area contributed by atoms with Crippen LogP contribution < -0.4 is 0 Å². The van der Waals surface area contributed by atoms with Crippen molar-refractivity contribution in [2.45, 2.75) is 0 Å². The molecular formula is C45H27N3O. The summed E-state index contributed by atoms with van der Waals surface area (Å²) in [5.41, 5.74) is 6.81. The molecule has 0 N–H and O–H groups in total. The number of benzene rings is 8. The summed E-state index contributed by atoms with van der Waals surface area (Å²) >= 11 is 0. The van der Waals surface area contributed by atoms with Crippen LogP contribution in [0.5, 0.6) is 0 Å². The molecule has 10 rings (SSSR count). The lowest BCUT2D eigenvalue weighted by molar-refractivity contribution is 0.669. The Balaban J connectivity index is 1.24. The van der Waals surface area contributed by atoms with Crippen LogP contribution in [0.15, 0.2) is 168 Å². The minimum absolute atomic E-state index is 0.604. The van der Waals surface area contributed by atoms with Crippen molar-refractivity contribution in [1.29, 1.82) is 0 Å². The second-order valence-electron chi connectivity index (χ2n) is 12.4. The first-order valence-electron chi connectivity index (χ1n) is 16.4. The summed E-state index contributed by atoms with van der Waals surface area (Å²) in [7, 11) is 0. The molecule has 4 heteroatoms. The highest BCUT2D eigenvalue weighted by Crippen LogP contribution is 2.40. The highest BCUT2D eigenvalue weighted by molar-refractivity contribution is 6.12. The van der Waals surface area contributed by atoms with E-state index in [0.29, 0.717) is 17.5 Å². The molecule has 2 aromatic heterocycles. The van der Waals surface area contributed by atoms with E-state index in [1.807, 2.05) is 30.3 Å². The van der Waals surface area contributed by atoms with Gasteiger partial charge in [-0.2, -0.15) is 0 Å². The zero-order chi connectivity index (χ0) is 32.3. The molecule has 228 valence electrons. The Kier molecular flexibility index (Phi) is 6.15. The predicted octanol–water partition coefficient (Wildman–Crippen LogP) is 11.9. The Labute approximate surface area is 282 Å². The molecule has 0 spiro atoms. The third-order valence-corrected chi connectivity index (χ3v) is 9.53. The highest BCUT2D eigenvalue weighted by atomic mass is 16.3. The molecular weight excluding hydrogens is 599 g/mol. The predicted molar refractivity (Wildman–Crippen MR) is 201 cm³/mol. The molecule has 8 aromatic carbocycles. The van der Waals surface area contributed by atoms with Gasteiger partial charge in [-0.15, -0.1) is 0 Å². The second kappa shape index (κ2) is 11.0. The van der Waals surface area contributed by atoms with E-state index in [1.165, 1.54) is 27.3 Å². The molecule has 0 fully saturated rings.